The molecule has 3 aromatic rings. The summed E-state index contributed by atoms with van der Waals surface area (Å²) in [7, 11) is 0. The third kappa shape index (κ3) is 2.63. The van der Waals surface area contributed by atoms with E-state index in [1.54, 1.807) is 13.0 Å². The molecule has 0 saturated carbocycles. The number of nitrogens with one attached hydrogen (secondary N) is 1. The molecule has 2 aromatic heterocycles. The van der Waals surface area contributed by atoms with Crippen LogP contribution in [0.2, 0.25) is 0 Å². The van der Waals surface area contributed by atoms with E-state index in [4.69, 9.17) is 4.52 Å². The van der Waals surface area contributed by atoms with E-state index >= 15 is 0 Å². The summed E-state index contributed by atoms with van der Waals surface area (Å²) in [5.74, 6) is 0.946. The second-order valence-electron chi connectivity index (χ2n) is 5.70. The fraction of sp³-hybridized carbons (Fsp3) is 0.333. The molecular formula is C18H21N3O2. The summed E-state index contributed by atoms with van der Waals surface area (Å²) in [4.78, 5) is 12.7. The van der Waals surface area contributed by atoms with Crippen LogP contribution in [0.25, 0.3) is 10.9 Å². The van der Waals surface area contributed by atoms with Crippen LogP contribution in [0.4, 0.5) is 5.82 Å². The molecule has 0 radical (unpaired) electrons. The van der Waals surface area contributed by atoms with Crippen molar-refractivity contribution in [1.29, 1.82) is 0 Å². The van der Waals surface area contributed by atoms with Crippen molar-refractivity contribution in [3.05, 3.63) is 46.8 Å². The van der Waals surface area contributed by atoms with Gasteiger partial charge >= 0.3 is 0 Å². The Morgan fingerprint density at radius 3 is 2.65 bits per heavy atom. The van der Waals surface area contributed by atoms with E-state index in [-0.39, 0.29) is 5.91 Å². The number of amides is 1. The highest BCUT2D eigenvalue weighted by molar-refractivity contribution is 6.08. The fourth-order valence-electron chi connectivity index (χ4n) is 3.01. The van der Waals surface area contributed by atoms with Gasteiger partial charge in [0.1, 0.15) is 11.5 Å². The van der Waals surface area contributed by atoms with Crippen LogP contribution in [0.15, 0.2) is 28.8 Å². The molecule has 23 heavy (non-hydrogen) atoms. The standard InChI is InChI=1S/C18H21N3O2/c1-5-13-7-8-15-14(10-13)12(4)17(21(15)6-2)18(22)19-16-9-11(3)23-20-16/h7-10H,5-6H2,1-4H3,(H,19,20,22). The van der Waals surface area contributed by atoms with Gasteiger partial charge in [0.25, 0.3) is 5.91 Å². The van der Waals surface area contributed by atoms with Crippen molar-refractivity contribution in [2.45, 2.75) is 40.7 Å². The lowest BCUT2D eigenvalue weighted by molar-refractivity contribution is 0.101. The van der Waals surface area contributed by atoms with Gasteiger partial charge in [0.15, 0.2) is 5.82 Å². The predicted molar refractivity (Wildman–Crippen MR) is 90.9 cm³/mol. The van der Waals surface area contributed by atoms with Gasteiger partial charge in [0.2, 0.25) is 0 Å². The molecule has 0 unspecified atom stereocenters. The lowest BCUT2D eigenvalue weighted by Gasteiger charge is -2.08. The molecule has 0 bridgehead atoms. The van der Waals surface area contributed by atoms with E-state index in [0.717, 1.165) is 29.4 Å². The Bertz CT molecular complexity index is 874. The molecule has 0 saturated heterocycles. The Morgan fingerprint density at radius 2 is 2.04 bits per heavy atom. The molecule has 0 aliphatic carbocycles. The number of benzene rings is 1. The van der Waals surface area contributed by atoms with Gasteiger partial charge in [-0.2, -0.15) is 0 Å². The molecule has 5 heteroatoms. The minimum absolute atomic E-state index is 0.160. The van der Waals surface area contributed by atoms with Gasteiger partial charge < -0.3 is 14.4 Å². The summed E-state index contributed by atoms with van der Waals surface area (Å²) in [6.45, 7) is 8.70. The van der Waals surface area contributed by atoms with E-state index in [0.29, 0.717) is 17.3 Å². The second kappa shape index (κ2) is 5.91. The number of rotatable bonds is 4. The maximum Gasteiger partial charge on any atom is 0.273 e. The SMILES string of the molecule is CCc1ccc2c(c1)c(C)c(C(=O)Nc1cc(C)on1)n2CC. The van der Waals surface area contributed by atoms with Crippen molar-refractivity contribution in [1.82, 2.24) is 9.72 Å². The molecule has 0 spiro atoms. The molecule has 0 atom stereocenters. The summed E-state index contributed by atoms with van der Waals surface area (Å²) in [5, 5.41) is 7.78. The zero-order chi connectivity index (χ0) is 16.6. The minimum Gasteiger partial charge on any atom is -0.360 e. The molecular weight excluding hydrogens is 290 g/mol. The number of carbonyl (C=O) groups is 1. The van der Waals surface area contributed by atoms with E-state index in [9.17, 15) is 4.79 Å². The number of hydrogen-bond donors (Lipinski definition) is 1. The number of aromatic nitrogens is 2. The van der Waals surface area contributed by atoms with Crippen LogP contribution in [0.3, 0.4) is 0 Å². The first-order valence-corrected chi connectivity index (χ1v) is 7.91. The van der Waals surface area contributed by atoms with E-state index in [2.05, 4.69) is 35.6 Å². The molecule has 1 aromatic carbocycles. The molecule has 0 aliphatic rings. The average molecular weight is 311 g/mol. The smallest absolute Gasteiger partial charge is 0.273 e. The summed E-state index contributed by atoms with van der Waals surface area (Å²) < 4.78 is 7.05. The maximum atomic E-state index is 12.7. The van der Waals surface area contributed by atoms with Crippen LogP contribution < -0.4 is 5.32 Å². The third-order valence-electron chi connectivity index (χ3n) is 4.19. The summed E-state index contributed by atoms with van der Waals surface area (Å²) in [6.07, 6.45) is 0.979. The van der Waals surface area contributed by atoms with Crippen LogP contribution in [-0.4, -0.2) is 15.6 Å². The van der Waals surface area contributed by atoms with Gasteiger partial charge in [0.05, 0.1) is 0 Å². The van der Waals surface area contributed by atoms with Crippen molar-refractivity contribution in [2.75, 3.05) is 5.32 Å². The molecule has 3 rings (SSSR count). The highest BCUT2D eigenvalue weighted by Gasteiger charge is 2.20. The minimum atomic E-state index is -0.160. The van der Waals surface area contributed by atoms with Crippen molar-refractivity contribution in [3.8, 4) is 0 Å². The van der Waals surface area contributed by atoms with Crippen LogP contribution in [0.1, 0.15) is 41.2 Å². The van der Waals surface area contributed by atoms with Crippen LogP contribution >= 0.6 is 0 Å². The Labute approximate surface area is 135 Å². The first kappa shape index (κ1) is 15.3. The lowest BCUT2D eigenvalue weighted by atomic mass is 10.1. The van der Waals surface area contributed by atoms with Gasteiger partial charge in [-0.05, 0) is 50.5 Å². The molecule has 120 valence electrons. The maximum absolute atomic E-state index is 12.7. The van der Waals surface area contributed by atoms with Crippen molar-refractivity contribution in [2.24, 2.45) is 0 Å². The van der Waals surface area contributed by atoms with E-state index in [1.165, 1.54) is 5.56 Å². The number of aryl methyl sites for hydroxylation is 4. The molecule has 0 fully saturated rings. The Hall–Kier alpha value is -2.56. The monoisotopic (exact) mass is 311 g/mol. The van der Waals surface area contributed by atoms with Crippen LogP contribution in [0, 0.1) is 13.8 Å². The Kier molecular flexibility index (Phi) is 3.94. The molecule has 2 heterocycles. The fourth-order valence-corrected chi connectivity index (χ4v) is 3.01. The first-order valence-electron chi connectivity index (χ1n) is 7.91. The largest absolute Gasteiger partial charge is 0.360 e. The number of nitrogens with zero attached hydrogens (tertiary/aromatic N) is 2. The third-order valence-corrected chi connectivity index (χ3v) is 4.19. The molecule has 1 N–H and O–H groups in total. The van der Waals surface area contributed by atoms with Gasteiger partial charge in [0, 0.05) is 23.5 Å². The number of carbonyl (C=O) groups excluding carboxylic acids is 1. The number of fused-ring (bicyclic) bond motifs is 1. The molecule has 0 aliphatic heterocycles. The molecule has 5 nitrogen and oxygen atoms in total. The second-order valence-corrected chi connectivity index (χ2v) is 5.70. The zero-order valence-corrected chi connectivity index (χ0v) is 13.9. The Balaban J connectivity index is 2.08. The predicted octanol–water partition coefficient (Wildman–Crippen LogP) is 4.08. The van der Waals surface area contributed by atoms with E-state index in [1.807, 2.05) is 18.4 Å². The van der Waals surface area contributed by atoms with Gasteiger partial charge in [-0.15, -0.1) is 0 Å². The van der Waals surface area contributed by atoms with Crippen molar-refractivity contribution in [3.63, 3.8) is 0 Å². The average Bonchev–Trinajstić information content (AvgIpc) is 3.07. The first-order chi connectivity index (χ1) is 11.0. The lowest BCUT2D eigenvalue weighted by Crippen LogP contribution is -2.18. The molecule has 1 amide bonds. The summed E-state index contributed by atoms with van der Waals surface area (Å²) in [5.41, 5.74) is 4.03. The highest BCUT2D eigenvalue weighted by Crippen LogP contribution is 2.27. The van der Waals surface area contributed by atoms with Crippen molar-refractivity contribution >= 4 is 22.6 Å². The van der Waals surface area contributed by atoms with Crippen LogP contribution in [-0.2, 0) is 13.0 Å². The summed E-state index contributed by atoms with van der Waals surface area (Å²) >= 11 is 0. The van der Waals surface area contributed by atoms with Gasteiger partial charge in [-0.3, -0.25) is 4.79 Å². The summed E-state index contributed by atoms with van der Waals surface area (Å²) in [6, 6.07) is 8.10. The zero-order valence-electron chi connectivity index (χ0n) is 13.9. The number of anilines is 1. The topological polar surface area (TPSA) is 60.1 Å². The van der Waals surface area contributed by atoms with Gasteiger partial charge in [-0.1, -0.05) is 18.1 Å². The quantitative estimate of drug-likeness (QED) is 0.789. The Morgan fingerprint density at radius 1 is 1.26 bits per heavy atom. The highest BCUT2D eigenvalue weighted by atomic mass is 16.5. The van der Waals surface area contributed by atoms with Crippen molar-refractivity contribution < 1.29 is 9.32 Å². The number of hydrogen-bond acceptors (Lipinski definition) is 3. The van der Waals surface area contributed by atoms with E-state index < -0.39 is 0 Å². The normalized spacial score (nSPS) is 11.1. The van der Waals surface area contributed by atoms with Gasteiger partial charge in [-0.25, -0.2) is 0 Å². The van der Waals surface area contributed by atoms with Crippen LogP contribution in [0.5, 0.6) is 0 Å².